The SMILES string of the molecule is CCCCCCCCCCCCCCCCNC(=O)OCC(COP(O)Oc1ccc(C[n+]2csc(C)c2C)cc1)OC(C)C. The summed E-state index contributed by atoms with van der Waals surface area (Å²) in [6.07, 6.45) is 17.2. The molecule has 1 aromatic heterocycles. The highest BCUT2D eigenvalue weighted by molar-refractivity contribution is 7.41. The molecule has 45 heavy (non-hydrogen) atoms. The molecule has 2 atom stereocenters. The van der Waals surface area contributed by atoms with Gasteiger partial charge in [-0.1, -0.05) is 102 Å². The monoisotopic (exact) mass is 667 g/mol. The molecule has 1 heterocycles. The number of thiazole rings is 1. The lowest BCUT2D eigenvalue weighted by Crippen LogP contribution is -2.34. The first kappa shape index (κ1) is 39.4. The minimum Gasteiger partial charge on any atom is -0.447 e. The summed E-state index contributed by atoms with van der Waals surface area (Å²) in [7, 11) is -2.17. The van der Waals surface area contributed by atoms with Gasteiger partial charge in [-0.25, -0.2) is 4.79 Å². The van der Waals surface area contributed by atoms with Crippen molar-refractivity contribution in [2.75, 3.05) is 19.8 Å². The number of rotatable bonds is 26. The van der Waals surface area contributed by atoms with Crippen LogP contribution in [0, 0.1) is 13.8 Å². The number of aryl methyl sites for hydroxylation is 1. The summed E-state index contributed by atoms with van der Waals surface area (Å²) >= 11 is 1.74. The maximum absolute atomic E-state index is 12.2. The molecule has 0 saturated heterocycles. The highest BCUT2D eigenvalue weighted by atomic mass is 32.1. The number of hydrogen-bond acceptors (Lipinski definition) is 7. The van der Waals surface area contributed by atoms with Gasteiger partial charge in [-0.05, 0) is 51.5 Å². The summed E-state index contributed by atoms with van der Waals surface area (Å²) in [6, 6.07) is 7.61. The van der Waals surface area contributed by atoms with E-state index in [0.717, 1.165) is 24.9 Å². The Morgan fingerprint density at radius 2 is 1.47 bits per heavy atom. The Morgan fingerprint density at radius 1 is 0.889 bits per heavy atom. The lowest BCUT2D eigenvalue weighted by Gasteiger charge is -2.21. The van der Waals surface area contributed by atoms with Crippen LogP contribution >= 0.6 is 19.9 Å². The van der Waals surface area contributed by atoms with Crippen molar-refractivity contribution in [3.63, 3.8) is 0 Å². The van der Waals surface area contributed by atoms with E-state index in [1.807, 2.05) is 38.1 Å². The molecule has 0 spiro atoms. The second-order valence-electron chi connectivity index (χ2n) is 12.2. The first-order valence-electron chi connectivity index (χ1n) is 17.2. The zero-order valence-electron chi connectivity index (χ0n) is 28.6. The Labute approximate surface area is 278 Å². The molecule has 0 saturated carbocycles. The van der Waals surface area contributed by atoms with Crippen molar-refractivity contribution < 1.29 is 32.8 Å². The largest absolute Gasteiger partial charge is 0.447 e. The number of carbonyl (C=O) groups excluding carboxylic acids is 1. The first-order valence-corrected chi connectivity index (χ1v) is 19.2. The molecule has 1 amide bonds. The zero-order valence-corrected chi connectivity index (χ0v) is 30.3. The average Bonchev–Trinajstić information content (AvgIpc) is 3.33. The second-order valence-corrected chi connectivity index (χ2v) is 14.2. The quantitative estimate of drug-likeness (QED) is 0.0591. The van der Waals surface area contributed by atoms with Gasteiger partial charge in [0.25, 0.3) is 0 Å². The van der Waals surface area contributed by atoms with E-state index in [9.17, 15) is 9.69 Å². The number of aromatic nitrogens is 1. The van der Waals surface area contributed by atoms with Crippen LogP contribution in [0.2, 0.25) is 0 Å². The molecule has 0 fully saturated rings. The van der Waals surface area contributed by atoms with E-state index in [2.05, 4.69) is 36.2 Å². The normalized spacial score (nSPS) is 12.8. The van der Waals surface area contributed by atoms with E-state index < -0.39 is 20.8 Å². The molecule has 0 aliphatic heterocycles. The van der Waals surface area contributed by atoms with Crippen molar-refractivity contribution >= 4 is 26.0 Å². The highest BCUT2D eigenvalue weighted by Gasteiger charge is 2.19. The molecule has 256 valence electrons. The van der Waals surface area contributed by atoms with E-state index >= 15 is 0 Å². The van der Waals surface area contributed by atoms with E-state index in [1.54, 1.807) is 11.3 Å². The van der Waals surface area contributed by atoms with Gasteiger partial charge in [-0.3, -0.25) is 4.52 Å². The molecule has 0 radical (unpaired) electrons. The Balaban J connectivity index is 1.53. The van der Waals surface area contributed by atoms with Crippen LogP contribution in [0.1, 0.15) is 127 Å². The molecule has 2 unspecified atom stereocenters. The minimum absolute atomic E-state index is 0.0275. The van der Waals surface area contributed by atoms with E-state index in [4.69, 9.17) is 18.5 Å². The fourth-order valence-corrected chi connectivity index (χ4v) is 6.48. The van der Waals surface area contributed by atoms with Gasteiger partial charge < -0.3 is 24.2 Å². The summed E-state index contributed by atoms with van der Waals surface area (Å²) < 4.78 is 24.5. The summed E-state index contributed by atoms with van der Waals surface area (Å²) in [6.45, 7) is 11.8. The molecule has 2 aromatic rings. The number of hydrogen-bond donors (Lipinski definition) is 2. The van der Waals surface area contributed by atoms with Crippen LogP contribution in [0.3, 0.4) is 0 Å². The fourth-order valence-electron chi connectivity index (χ4n) is 5.02. The number of carbonyl (C=O) groups is 1. The standard InChI is InChI=1S/C35H59N2O6PS/c1-6-7-8-9-10-11-12-13-14-15-16-17-18-19-24-36-35(38)40-26-34(42-29(2)3)27-41-44(39)43-33-22-20-32(21-23-33)25-37-28-45-31(5)30(37)4/h20-23,28-29,34,39H,6-19,24-27H2,1-5H3/p+1. The predicted molar refractivity (Wildman–Crippen MR) is 185 cm³/mol. The molecular formula is C35H60N2O6PS+. The Hall–Kier alpha value is -1.77. The smallest absolute Gasteiger partial charge is 0.407 e. The first-order chi connectivity index (χ1) is 21.8. The van der Waals surface area contributed by atoms with Gasteiger partial charge in [-0.15, -0.1) is 0 Å². The number of unbranched alkanes of at least 4 members (excludes halogenated alkanes) is 13. The minimum atomic E-state index is -2.17. The van der Waals surface area contributed by atoms with Gasteiger partial charge in [-0.2, -0.15) is 4.57 Å². The predicted octanol–water partition coefficient (Wildman–Crippen LogP) is 9.32. The fraction of sp³-hybridized carbons (Fsp3) is 0.714. The van der Waals surface area contributed by atoms with E-state index in [1.165, 1.54) is 87.6 Å². The van der Waals surface area contributed by atoms with Crippen LogP contribution in [0.4, 0.5) is 4.79 Å². The number of alkyl carbamates (subject to hydrolysis) is 1. The van der Waals surface area contributed by atoms with Gasteiger partial charge in [0.1, 0.15) is 18.5 Å². The highest BCUT2D eigenvalue weighted by Crippen LogP contribution is 2.35. The molecule has 0 bridgehead atoms. The lowest BCUT2D eigenvalue weighted by molar-refractivity contribution is -0.689. The maximum Gasteiger partial charge on any atom is 0.407 e. The molecule has 1 aromatic carbocycles. The van der Waals surface area contributed by atoms with Crippen molar-refractivity contribution in [3.05, 3.63) is 45.9 Å². The van der Waals surface area contributed by atoms with Gasteiger partial charge in [0.2, 0.25) is 5.51 Å². The number of amides is 1. The van der Waals surface area contributed by atoms with Crippen LogP contribution in [-0.4, -0.2) is 43.0 Å². The van der Waals surface area contributed by atoms with Crippen molar-refractivity contribution in [2.24, 2.45) is 0 Å². The summed E-state index contributed by atoms with van der Waals surface area (Å²) in [5, 5.41) is 2.83. The third kappa shape index (κ3) is 18.8. The van der Waals surface area contributed by atoms with Crippen molar-refractivity contribution in [1.82, 2.24) is 5.32 Å². The van der Waals surface area contributed by atoms with E-state index in [0.29, 0.717) is 12.3 Å². The van der Waals surface area contributed by atoms with Crippen molar-refractivity contribution in [3.8, 4) is 5.75 Å². The molecule has 10 heteroatoms. The maximum atomic E-state index is 12.2. The number of nitrogens with one attached hydrogen (secondary N) is 1. The molecule has 8 nitrogen and oxygen atoms in total. The topological polar surface area (TPSA) is 90.1 Å². The van der Waals surface area contributed by atoms with Gasteiger partial charge in [0.05, 0.1) is 17.6 Å². The number of ether oxygens (including phenoxy) is 2. The van der Waals surface area contributed by atoms with Gasteiger partial charge >= 0.3 is 14.7 Å². The number of nitrogens with zero attached hydrogens (tertiary/aromatic N) is 1. The molecule has 0 aliphatic carbocycles. The molecule has 2 N–H and O–H groups in total. The third-order valence-electron chi connectivity index (χ3n) is 7.79. The summed E-state index contributed by atoms with van der Waals surface area (Å²) in [4.78, 5) is 23.9. The van der Waals surface area contributed by atoms with Crippen LogP contribution in [0.25, 0.3) is 0 Å². The Bertz CT molecular complexity index is 1040. The van der Waals surface area contributed by atoms with Crippen LogP contribution in [-0.2, 0) is 20.5 Å². The third-order valence-corrected chi connectivity index (χ3v) is 9.54. The average molecular weight is 668 g/mol. The van der Waals surface area contributed by atoms with Gasteiger partial charge in [0.15, 0.2) is 12.2 Å². The lowest BCUT2D eigenvalue weighted by atomic mass is 10.0. The van der Waals surface area contributed by atoms with Crippen molar-refractivity contribution in [2.45, 2.75) is 143 Å². The summed E-state index contributed by atoms with van der Waals surface area (Å²) in [5.41, 5.74) is 4.53. The van der Waals surface area contributed by atoms with Crippen LogP contribution < -0.4 is 14.4 Å². The second kappa shape index (κ2) is 24.4. The molecule has 0 aliphatic rings. The van der Waals surface area contributed by atoms with Crippen molar-refractivity contribution in [1.29, 1.82) is 0 Å². The summed E-state index contributed by atoms with van der Waals surface area (Å²) in [5.74, 6) is 0.524. The van der Waals surface area contributed by atoms with Crippen LogP contribution in [0.15, 0.2) is 29.8 Å². The zero-order chi connectivity index (χ0) is 32.7. The Morgan fingerprint density at radius 3 is 2.00 bits per heavy atom. The Kier molecular flexibility index (Phi) is 21.4. The molecule has 2 rings (SSSR count). The van der Waals surface area contributed by atoms with E-state index in [-0.39, 0.29) is 19.3 Å². The van der Waals surface area contributed by atoms with Crippen LogP contribution in [0.5, 0.6) is 5.75 Å². The molecular weight excluding hydrogens is 607 g/mol. The van der Waals surface area contributed by atoms with Gasteiger partial charge in [0, 0.05) is 19.0 Å². The number of benzene rings is 1.